The van der Waals surface area contributed by atoms with Crippen LogP contribution in [0, 0.1) is 6.92 Å². The Morgan fingerprint density at radius 1 is 1.57 bits per heavy atom. The van der Waals surface area contributed by atoms with Crippen LogP contribution in [0.4, 0.5) is 4.79 Å². The standard InChI is InChI=1S/C15H26N4O2/c1-12-10-13(18(3)17-12)11-16-14(21)19-8-4-6-15(19,2)7-5-9-20/h10,20H,4-9,11H2,1-3H3,(H,16,21). The normalized spacial score (nSPS) is 21.8. The molecule has 2 N–H and O–H groups in total. The van der Waals surface area contributed by atoms with Crippen molar-refractivity contribution in [2.45, 2.75) is 51.6 Å². The molecule has 0 radical (unpaired) electrons. The molecule has 1 fully saturated rings. The number of carbonyl (C=O) groups is 1. The number of nitrogens with one attached hydrogen (secondary N) is 1. The largest absolute Gasteiger partial charge is 0.396 e. The zero-order valence-corrected chi connectivity index (χ0v) is 13.2. The molecular weight excluding hydrogens is 268 g/mol. The summed E-state index contributed by atoms with van der Waals surface area (Å²) in [6, 6.07) is 1.96. The van der Waals surface area contributed by atoms with Gasteiger partial charge in [-0.1, -0.05) is 0 Å². The minimum absolute atomic E-state index is 0.0215. The molecule has 1 aromatic rings. The highest BCUT2D eigenvalue weighted by Crippen LogP contribution is 2.33. The Morgan fingerprint density at radius 3 is 2.95 bits per heavy atom. The molecule has 6 heteroatoms. The highest BCUT2D eigenvalue weighted by atomic mass is 16.3. The number of rotatable bonds is 5. The van der Waals surface area contributed by atoms with Crippen LogP contribution in [-0.2, 0) is 13.6 Å². The summed E-state index contributed by atoms with van der Waals surface area (Å²) in [6.07, 6.45) is 3.62. The molecule has 2 rings (SSSR count). The molecule has 21 heavy (non-hydrogen) atoms. The van der Waals surface area contributed by atoms with Crippen LogP contribution in [0.2, 0.25) is 0 Å². The van der Waals surface area contributed by atoms with Crippen molar-refractivity contribution in [1.29, 1.82) is 0 Å². The average molecular weight is 294 g/mol. The first kappa shape index (κ1) is 15.8. The Labute approximate surface area is 126 Å². The molecule has 2 heterocycles. The molecule has 6 nitrogen and oxygen atoms in total. The molecule has 0 aliphatic carbocycles. The third-order valence-corrected chi connectivity index (χ3v) is 4.39. The molecule has 2 amide bonds. The van der Waals surface area contributed by atoms with Gasteiger partial charge in [0.15, 0.2) is 0 Å². The summed E-state index contributed by atoms with van der Waals surface area (Å²) in [6.45, 7) is 5.52. The van der Waals surface area contributed by atoms with Crippen LogP contribution in [0.15, 0.2) is 6.07 Å². The number of amides is 2. The van der Waals surface area contributed by atoms with Gasteiger partial charge in [0.2, 0.25) is 0 Å². The lowest BCUT2D eigenvalue weighted by Gasteiger charge is -2.35. The molecule has 1 atom stereocenters. The first-order chi connectivity index (χ1) is 9.96. The smallest absolute Gasteiger partial charge is 0.318 e. The van der Waals surface area contributed by atoms with Gasteiger partial charge < -0.3 is 15.3 Å². The number of aryl methyl sites for hydroxylation is 2. The lowest BCUT2D eigenvalue weighted by molar-refractivity contribution is 0.140. The molecule has 0 aromatic carbocycles. The highest BCUT2D eigenvalue weighted by molar-refractivity contribution is 5.75. The number of hydrogen-bond donors (Lipinski definition) is 2. The molecule has 1 aliphatic rings. The second kappa shape index (κ2) is 6.47. The Morgan fingerprint density at radius 2 is 2.33 bits per heavy atom. The van der Waals surface area contributed by atoms with E-state index in [1.54, 1.807) is 4.68 Å². The fourth-order valence-electron chi connectivity index (χ4n) is 3.18. The molecular formula is C15H26N4O2. The summed E-state index contributed by atoms with van der Waals surface area (Å²) < 4.78 is 1.80. The minimum atomic E-state index is -0.130. The van der Waals surface area contributed by atoms with E-state index in [1.807, 2.05) is 24.9 Å². The van der Waals surface area contributed by atoms with E-state index in [1.165, 1.54) is 0 Å². The van der Waals surface area contributed by atoms with E-state index >= 15 is 0 Å². The van der Waals surface area contributed by atoms with Crippen molar-refractivity contribution in [2.24, 2.45) is 7.05 Å². The maximum atomic E-state index is 12.4. The third kappa shape index (κ3) is 3.56. The zero-order chi connectivity index (χ0) is 15.5. The first-order valence-electron chi connectivity index (χ1n) is 7.62. The van der Waals surface area contributed by atoms with Crippen molar-refractivity contribution < 1.29 is 9.90 Å². The molecule has 1 aliphatic heterocycles. The Kier molecular flexibility index (Phi) is 4.88. The highest BCUT2D eigenvalue weighted by Gasteiger charge is 2.38. The van der Waals surface area contributed by atoms with Gasteiger partial charge in [-0.3, -0.25) is 4.68 Å². The summed E-state index contributed by atoms with van der Waals surface area (Å²) in [5.41, 5.74) is 1.82. The molecule has 0 bridgehead atoms. The number of nitrogens with zero attached hydrogens (tertiary/aromatic N) is 3. The maximum Gasteiger partial charge on any atom is 0.318 e. The second-order valence-electron chi connectivity index (χ2n) is 6.14. The molecule has 1 unspecified atom stereocenters. The average Bonchev–Trinajstić information content (AvgIpc) is 2.97. The van der Waals surface area contributed by atoms with Crippen LogP contribution < -0.4 is 5.32 Å². The summed E-state index contributed by atoms with van der Waals surface area (Å²) >= 11 is 0. The molecule has 1 saturated heterocycles. The van der Waals surface area contributed by atoms with Gasteiger partial charge >= 0.3 is 6.03 Å². The second-order valence-corrected chi connectivity index (χ2v) is 6.14. The SMILES string of the molecule is Cc1cc(CNC(=O)N2CCCC2(C)CCCO)n(C)n1. The van der Waals surface area contributed by atoms with Gasteiger partial charge in [-0.15, -0.1) is 0 Å². The van der Waals surface area contributed by atoms with Gasteiger partial charge in [0.25, 0.3) is 0 Å². The van der Waals surface area contributed by atoms with E-state index in [2.05, 4.69) is 17.3 Å². The zero-order valence-electron chi connectivity index (χ0n) is 13.2. The van der Waals surface area contributed by atoms with Crippen molar-refractivity contribution in [1.82, 2.24) is 20.0 Å². The monoisotopic (exact) mass is 294 g/mol. The van der Waals surface area contributed by atoms with Crippen molar-refractivity contribution in [3.05, 3.63) is 17.5 Å². The van der Waals surface area contributed by atoms with Crippen LogP contribution in [0.25, 0.3) is 0 Å². The lowest BCUT2D eigenvalue weighted by Crippen LogP contribution is -2.49. The summed E-state index contributed by atoms with van der Waals surface area (Å²) in [5.74, 6) is 0. The Bertz CT molecular complexity index is 500. The van der Waals surface area contributed by atoms with Crippen molar-refractivity contribution in [3.63, 3.8) is 0 Å². The van der Waals surface area contributed by atoms with Gasteiger partial charge in [0.1, 0.15) is 0 Å². The van der Waals surface area contributed by atoms with Crippen LogP contribution in [0.3, 0.4) is 0 Å². The summed E-state index contributed by atoms with van der Waals surface area (Å²) in [5, 5.41) is 16.3. The predicted molar refractivity (Wildman–Crippen MR) is 80.8 cm³/mol. The van der Waals surface area contributed by atoms with Crippen LogP contribution >= 0.6 is 0 Å². The van der Waals surface area contributed by atoms with Crippen LogP contribution in [0.1, 0.15) is 44.0 Å². The number of likely N-dealkylation sites (tertiary alicyclic amines) is 1. The van der Waals surface area contributed by atoms with Crippen molar-refractivity contribution >= 4 is 6.03 Å². The van der Waals surface area contributed by atoms with Gasteiger partial charge in [-0.2, -0.15) is 5.10 Å². The predicted octanol–water partition coefficient (Wildman–Crippen LogP) is 1.57. The molecule has 0 spiro atoms. The van der Waals surface area contributed by atoms with Gasteiger partial charge in [-0.05, 0) is 45.6 Å². The number of aromatic nitrogens is 2. The van der Waals surface area contributed by atoms with E-state index in [4.69, 9.17) is 5.11 Å². The third-order valence-electron chi connectivity index (χ3n) is 4.39. The summed E-state index contributed by atoms with van der Waals surface area (Å²) in [7, 11) is 1.88. The van der Waals surface area contributed by atoms with Crippen molar-refractivity contribution in [3.8, 4) is 0 Å². The fourth-order valence-corrected chi connectivity index (χ4v) is 3.18. The first-order valence-corrected chi connectivity index (χ1v) is 7.62. The van der Waals surface area contributed by atoms with Gasteiger partial charge in [-0.25, -0.2) is 4.79 Å². The number of aliphatic hydroxyl groups is 1. The van der Waals surface area contributed by atoms with E-state index < -0.39 is 0 Å². The molecule has 118 valence electrons. The summed E-state index contributed by atoms with van der Waals surface area (Å²) in [4.78, 5) is 14.4. The fraction of sp³-hybridized carbons (Fsp3) is 0.733. The van der Waals surface area contributed by atoms with E-state index in [-0.39, 0.29) is 18.2 Å². The molecule has 0 saturated carbocycles. The number of aliphatic hydroxyl groups excluding tert-OH is 1. The van der Waals surface area contributed by atoms with Gasteiger partial charge in [0, 0.05) is 25.7 Å². The maximum absolute atomic E-state index is 12.4. The lowest BCUT2D eigenvalue weighted by atomic mass is 9.93. The van der Waals surface area contributed by atoms with Crippen LogP contribution in [-0.4, -0.2) is 44.5 Å². The van der Waals surface area contributed by atoms with E-state index in [9.17, 15) is 4.79 Å². The van der Waals surface area contributed by atoms with E-state index in [0.717, 1.165) is 43.6 Å². The number of hydrogen-bond acceptors (Lipinski definition) is 3. The van der Waals surface area contributed by atoms with Crippen LogP contribution in [0.5, 0.6) is 0 Å². The topological polar surface area (TPSA) is 70.4 Å². The quantitative estimate of drug-likeness (QED) is 0.866. The number of carbonyl (C=O) groups excluding carboxylic acids is 1. The number of urea groups is 1. The van der Waals surface area contributed by atoms with E-state index in [0.29, 0.717) is 6.54 Å². The minimum Gasteiger partial charge on any atom is -0.396 e. The van der Waals surface area contributed by atoms with Gasteiger partial charge in [0.05, 0.1) is 17.9 Å². The Balaban J connectivity index is 1.94. The Hall–Kier alpha value is -1.56. The molecule has 1 aromatic heterocycles. The van der Waals surface area contributed by atoms with Crippen molar-refractivity contribution in [2.75, 3.05) is 13.2 Å².